The van der Waals surface area contributed by atoms with Gasteiger partial charge in [-0.15, -0.1) is 0 Å². The van der Waals surface area contributed by atoms with E-state index in [2.05, 4.69) is 46.6 Å². The van der Waals surface area contributed by atoms with Crippen molar-refractivity contribution in [1.82, 2.24) is 15.3 Å². The van der Waals surface area contributed by atoms with Crippen molar-refractivity contribution in [3.8, 4) is 0 Å². The normalized spacial score (nSPS) is 10.6. The second-order valence-corrected chi connectivity index (χ2v) is 6.37. The summed E-state index contributed by atoms with van der Waals surface area (Å²) in [6, 6.07) is 15.6. The van der Waals surface area contributed by atoms with Crippen LogP contribution in [-0.4, -0.2) is 15.9 Å². The molecule has 5 heteroatoms. The third-order valence-electron chi connectivity index (χ3n) is 4.06. The van der Waals surface area contributed by atoms with Gasteiger partial charge in [-0.2, -0.15) is 0 Å². The monoisotopic (exact) mass is 346 g/mol. The van der Waals surface area contributed by atoms with Gasteiger partial charge in [0.2, 0.25) is 0 Å². The van der Waals surface area contributed by atoms with Gasteiger partial charge in [-0.3, -0.25) is 14.8 Å². The van der Waals surface area contributed by atoms with E-state index in [9.17, 15) is 4.79 Å². The van der Waals surface area contributed by atoms with Crippen molar-refractivity contribution in [3.63, 3.8) is 0 Å². The van der Waals surface area contributed by atoms with Gasteiger partial charge in [0.15, 0.2) is 0 Å². The highest BCUT2D eigenvalue weighted by Crippen LogP contribution is 2.20. The molecule has 1 aromatic carbocycles. The zero-order valence-electron chi connectivity index (χ0n) is 14.9. The van der Waals surface area contributed by atoms with Gasteiger partial charge in [-0.25, -0.2) is 0 Å². The van der Waals surface area contributed by atoms with Gasteiger partial charge < -0.3 is 10.6 Å². The summed E-state index contributed by atoms with van der Waals surface area (Å²) in [5.74, 6) is 0.293. The van der Waals surface area contributed by atoms with Crippen molar-refractivity contribution in [1.29, 1.82) is 0 Å². The van der Waals surface area contributed by atoms with Gasteiger partial charge in [-0.1, -0.05) is 26.0 Å². The molecule has 1 amide bonds. The van der Waals surface area contributed by atoms with Crippen LogP contribution in [0.25, 0.3) is 0 Å². The molecule has 0 fully saturated rings. The molecule has 3 rings (SSSR count). The maximum Gasteiger partial charge on any atom is 0.270 e. The molecule has 0 aliphatic rings. The SMILES string of the molecule is CC(C)c1ccc(Nc2ccnc(C(=O)NCc3ccncc3)c2)cc1. The van der Waals surface area contributed by atoms with Crippen molar-refractivity contribution < 1.29 is 4.79 Å². The van der Waals surface area contributed by atoms with Gasteiger partial charge in [0, 0.05) is 36.5 Å². The van der Waals surface area contributed by atoms with Gasteiger partial charge in [-0.05, 0) is 53.4 Å². The first-order valence-corrected chi connectivity index (χ1v) is 8.62. The fourth-order valence-electron chi connectivity index (χ4n) is 2.52. The van der Waals surface area contributed by atoms with E-state index >= 15 is 0 Å². The summed E-state index contributed by atoms with van der Waals surface area (Å²) in [6.07, 6.45) is 5.04. The minimum Gasteiger partial charge on any atom is -0.355 e. The van der Waals surface area contributed by atoms with Crippen molar-refractivity contribution in [3.05, 3.63) is 83.9 Å². The first kappa shape index (κ1) is 17.6. The number of pyridine rings is 2. The van der Waals surface area contributed by atoms with E-state index < -0.39 is 0 Å². The molecular weight excluding hydrogens is 324 g/mol. The largest absolute Gasteiger partial charge is 0.355 e. The Morgan fingerprint density at radius 2 is 1.69 bits per heavy atom. The molecule has 3 aromatic rings. The van der Waals surface area contributed by atoms with Crippen LogP contribution < -0.4 is 10.6 Å². The Kier molecular flexibility index (Phi) is 5.59. The van der Waals surface area contributed by atoms with E-state index in [0.717, 1.165) is 16.9 Å². The minimum absolute atomic E-state index is 0.208. The maximum atomic E-state index is 12.3. The zero-order valence-corrected chi connectivity index (χ0v) is 14.9. The molecule has 0 atom stereocenters. The average molecular weight is 346 g/mol. The lowest BCUT2D eigenvalue weighted by atomic mass is 10.0. The van der Waals surface area contributed by atoms with Crippen LogP contribution in [0.5, 0.6) is 0 Å². The van der Waals surface area contributed by atoms with Crippen molar-refractivity contribution >= 4 is 17.3 Å². The molecule has 132 valence electrons. The number of nitrogens with zero attached hydrogens (tertiary/aromatic N) is 2. The van der Waals surface area contributed by atoms with Crippen LogP contribution in [-0.2, 0) is 6.54 Å². The van der Waals surface area contributed by atoms with Crippen LogP contribution in [0.15, 0.2) is 67.1 Å². The Labute approximate surface area is 153 Å². The molecule has 0 spiro atoms. The van der Waals surface area contributed by atoms with Crippen molar-refractivity contribution in [2.45, 2.75) is 26.3 Å². The van der Waals surface area contributed by atoms with E-state index in [1.165, 1.54) is 5.56 Å². The van der Waals surface area contributed by atoms with E-state index in [4.69, 9.17) is 0 Å². The molecule has 0 saturated carbocycles. The Bertz CT molecular complexity index is 861. The standard InChI is InChI=1S/C21H22N4O/c1-15(2)17-3-5-18(6-4-17)25-19-9-12-23-20(13-19)21(26)24-14-16-7-10-22-11-8-16/h3-13,15H,14H2,1-2H3,(H,23,25)(H,24,26). The predicted molar refractivity (Wildman–Crippen MR) is 103 cm³/mol. The third kappa shape index (κ3) is 4.66. The van der Waals surface area contributed by atoms with Gasteiger partial charge >= 0.3 is 0 Å². The highest BCUT2D eigenvalue weighted by Gasteiger charge is 2.08. The van der Waals surface area contributed by atoms with E-state index in [1.54, 1.807) is 24.7 Å². The second-order valence-electron chi connectivity index (χ2n) is 6.37. The lowest BCUT2D eigenvalue weighted by Gasteiger charge is -2.10. The summed E-state index contributed by atoms with van der Waals surface area (Å²) in [5.41, 5.74) is 4.47. The van der Waals surface area contributed by atoms with Crippen molar-refractivity contribution in [2.75, 3.05) is 5.32 Å². The number of hydrogen-bond acceptors (Lipinski definition) is 4. The number of carbonyl (C=O) groups is 1. The first-order valence-electron chi connectivity index (χ1n) is 8.62. The molecule has 5 nitrogen and oxygen atoms in total. The van der Waals surface area contributed by atoms with Gasteiger partial charge in [0.05, 0.1) is 0 Å². The van der Waals surface area contributed by atoms with Crippen LogP contribution in [0, 0.1) is 0 Å². The van der Waals surface area contributed by atoms with Gasteiger partial charge in [0.25, 0.3) is 5.91 Å². The topological polar surface area (TPSA) is 66.9 Å². The summed E-state index contributed by atoms with van der Waals surface area (Å²) < 4.78 is 0. The Balaban J connectivity index is 1.64. The lowest BCUT2D eigenvalue weighted by molar-refractivity contribution is 0.0946. The van der Waals surface area contributed by atoms with E-state index in [-0.39, 0.29) is 5.91 Å². The Morgan fingerprint density at radius 3 is 2.38 bits per heavy atom. The van der Waals surface area contributed by atoms with Crippen LogP contribution in [0.2, 0.25) is 0 Å². The number of nitrogens with one attached hydrogen (secondary N) is 2. The van der Waals surface area contributed by atoms with Crippen LogP contribution in [0.1, 0.15) is 41.4 Å². The highest BCUT2D eigenvalue weighted by molar-refractivity contribution is 5.93. The molecule has 2 aromatic heterocycles. The van der Waals surface area contributed by atoms with E-state index in [1.807, 2.05) is 30.3 Å². The smallest absolute Gasteiger partial charge is 0.270 e. The molecular formula is C21H22N4O. The second kappa shape index (κ2) is 8.25. The summed E-state index contributed by atoms with van der Waals surface area (Å²) in [6.45, 7) is 4.78. The molecule has 0 bridgehead atoms. The van der Waals surface area contributed by atoms with Crippen LogP contribution in [0.4, 0.5) is 11.4 Å². The predicted octanol–water partition coefficient (Wildman–Crippen LogP) is 4.27. The van der Waals surface area contributed by atoms with E-state index in [0.29, 0.717) is 18.2 Å². The molecule has 0 aliphatic heterocycles. The number of rotatable bonds is 6. The lowest BCUT2D eigenvalue weighted by Crippen LogP contribution is -2.23. The molecule has 0 saturated heterocycles. The summed E-state index contributed by atoms with van der Waals surface area (Å²) in [5, 5.41) is 6.18. The average Bonchev–Trinajstić information content (AvgIpc) is 2.67. The fourth-order valence-corrected chi connectivity index (χ4v) is 2.52. The molecule has 0 radical (unpaired) electrons. The third-order valence-corrected chi connectivity index (χ3v) is 4.06. The number of benzene rings is 1. The minimum atomic E-state index is -0.208. The Morgan fingerprint density at radius 1 is 0.962 bits per heavy atom. The Hall–Kier alpha value is -3.21. The maximum absolute atomic E-state index is 12.3. The molecule has 26 heavy (non-hydrogen) atoms. The quantitative estimate of drug-likeness (QED) is 0.699. The number of aromatic nitrogens is 2. The molecule has 0 aliphatic carbocycles. The molecule has 2 N–H and O–H groups in total. The van der Waals surface area contributed by atoms with Crippen molar-refractivity contribution in [2.24, 2.45) is 0 Å². The summed E-state index contributed by atoms with van der Waals surface area (Å²) in [4.78, 5) is 20.5. The molecule has 2 heterocycles. The zero-order chi connectivity index (χ0) is 18.4. The molecule has 0 unspecified atom stereocenters. The number of hydrogen-bond donors (Lipinski definition) is 2. The number of carbonyl (C=O) groups excluding carboxylic acids is 1. The van der Waals surface area contributed by atoms with Gasteiger partial charge in [0.1, 0.15) is 5.69 Å². The summed E-state index contributed by atoms with van der Waals surface area (Å²) in [7, 11) is 0. The van der Waals surface area contributed by atoms with Crippen LogP contribution >= 0.6 is 0 Å². The summed E-state index contributed by atoms with van der Waals surface area (Å²) >= 11 is 0. The fraction of sp³-hybridized carbons (Fsp3) is 0.190. The van der Waals surface area contributed by atoms with Crippen LogP contribution in [0.3, 0.4) is 0 Å². The highest BCUT2D eigenvalue weighted by atomic mass is 16.1. The number of amides is 1. The first-order chi connectivity index (χ1) is 12.6. The number of anilines is 2.